The molecule has 0 spiro atoms. The number of carbonyl (C=O) groups excluding carboxylic acids is 2. The maximum atomic E-state index is 12.4. The quantitative estimate of drug-likeness (QED) is 0.354. The average molecular weight is 435 g/mol. The molecule has 172 valence electrons. The molecule has 2 amide bonds. The third kappa shape index (κ3) is 9.11. The van der Waals surface area contributed by atoms with E-state index in [4.69, 9.17) is 9.47 Å². The van der Waals surface area contributed by atoms with Gasteiger partial charge in [0, 0.05) is 12.5 Å². The Balaban J connectivity index is 2.66. The number of rotatable bonds is 11. The van der Waals surface area contributed by atoms with Gasteiger partial charge in [-0.05, 0) is 45.6 Å². The van der Waals surface area contributed by atoms with Crippen LogP contribution in [0.3, 0.4) is 0 Å². The SMILES string of the molecule is C=C[C@H](C)[C@](CCCCNC(=O)OC(C)(C)C)(NC(=O)OCc1ccccc1)C(=O)O. The van der Waals surface area contributed by atoms with E-state index in [2.05, 4.69) is 17.2 Å². The highest BCUT2D eigenvalue weighted by Crippen LogP contribution is 2.26. The van der Waals surface area contributed by atoms with Gasteiger partial charge in [-0.2, -0.15) is 0 Å². The molecule has 8 nitrogen and oxygen atoms in total. The highest BCUT2D eigenvalue weighted by atomic mass is 16.6. The zero-order valence-electron chi connectivity index (χ0n) is 18.8. The summed E-state index contributed by atoms with van der Waals surface area (Å²) in [5.41, 5.74) is -1.36. The molecule has 0 unspecified atom stereocenters. The normalized spacial score (nSPS) is 13.9. The average Bonchev–Trinajstić information content (AvgIpc) is 2.69. The molecule has 0 heterocycles. The van der Waals surface area contributed by atoms with E-state index in [0.717, 1.165) is 5.56 Å². The van der Waals surface area contributed by atoms with Crippen LogP contribution in [-0.4, -0.2) is 40.9 Å². The van der Waals surface area contributed by atoms with Crippen LogP contribution in [0.1, 0.15) is 52.5 Å². The van der Waals surface area contributed by atoms with Crippen LogP contribution in [0.15, 0.2) is 43.0 Å². The Morgan fingerprint density at radius 1 is 1.13 bits per heavy atom. The van der Waals surface area contributed by atoms with Crippen LogP contribution < -0.4 is 10.6 Å². The molecule has 1 aromatic carbocycles. The van der Waals surface area contributed by atoms with Crippen LogP contribution in [0.2, 0.25) is 0 Å². The Kier molecular flexibility index (Phi) is 10.0. The van der Waals surface area contributed by atoms with Crippen molar-refractivity contribution in [2.75, 3.05) is 6.54 Å². The van der Waals surface area contributed by atoms with Gasteiger partial charge in [0.05, 0.1) is 0 Å². The minimum absolute atomic E-state index is 0.0324. The summed E-state index contributed by atoms with van der Waals surface area (Å²) in [6.45, 7) is 11.0. The molecule has 1 rings (SSSR count). The van der Waals surface area contributed by atoms with Crippen LogP contribution >= 0.6 is 0 Å². The lowest BCUT2D eigenvalue weighted by atomic mass is 9.80. The van der Waals surface area contributed by atoms with E-state index >= 15 is 0 Å². The van der Waals surface area contributed by atoms with E-state index < -0.39 is 35.2 Å². The number of amides is 2. The van der Waals surface area contributed by atoms with Gasteiger partial charge in [-0.1, -0.05) is 43.3 Å². The molecule has 8 heteroatoms. The maximum Gasteiger partial charge on any atom is 0.408 e. The number of aliphatic carboxylic acids is 1. The van der Waals surface area contributed by atoms with E-state index in [-0.39, 0.29) is 13.0 Å². The Hall–Kier alpha value is -3.03. The Labute approximate surface area is 184 Å². The molecule has 3 N–H and O–H groups in total. The van der Waals surface area contributed by atoms with Crippen LogP contribution in [0.25, 0.3) is 0 Å². The fourth-order valence-corrected chi connectivity index (χ4v) is 2.94. The molecule has 2 atom stereocenters. The number of carboxylic acid groups (broad SMARTS) is 1. The lowest BCUT2D eigenvalue weighted by Gasteiger charge is -2.34. The van der Waals surface area contributed by atoms with E-state index in [1.54, 1.807) is 27.7 Å². The minimum Gasteiger partial charge on any atom is -0.479 e. The fraction of sp³-hybridized carbons (Fsp3) is 0.522. The number of hydrogen-bond acceptors (Lipinski definition) is 5. The number of nitrogens with one attached hydrogen (secondary N) is 2. The smallest absolute Gasteiger partial charge is 0.408 e. The largest absolute Gasteiger partial charge is 0.479 e. The lowest BCUT2D eigenvalue weighted by molar-refractivity contribution is -0.146. The fourth-order valence-electron chi connectivity index (χ4n) is 2.94. The summed E-state index contributed by atoms with van der Waals surface area (Å²) in [4.78, 5) is 36.2. The Morgan fingerprint density at radius 2 is 1.77 bits per heavy atom. The van der Waals surface area contributed by atoms with E-state index in [1.807, 2.05) is 30.3 Å². The standard InChI is InChI=1S/C23H34N2O6/c1-6-17(2)23(19(26)27,14-10-11-15-24-20(28)31-22(3,4)5)25-21(29)30-16-18-12-8-7-9-13-18/h6-9,12-13,17H,1,10-11,14-16H2,2-5H3,(H,24,28)(H,25,29)(H,26,27)/t17-,23-/m0/s1. The number of unbranched alkanes of at least 4 members (excludes halogenated alkanes) is 1. The van der Waals surface area contributed by atoms with Crippen LogP contribution in [0, 0.1) is 5.92 Å². The van der Waals surface area contributed by atoms with Gasteiger partial charge in [0.2, 0.25) is 0 Å². The molecule has 0 aliphatic rings. The first-order valence-electron chi connectivity index (χ1n) is 10.3. The van der Waals surface area contributed by atoms with Crippen molar-refractivity contribution in [1.82, 2.24) is 10.6 Å². The van der Waals surface area contributed by atoms with Crippen LogP contribution in [-0.2, 0) is 20.9 Å². The number of carbonyl (C=O) groups is 3. The molecule has 0 aromatic heterocycles. The number of ether oxygens (including phenoxy) is 2. The van der Waals surface area contributed by atoms with E-state index in [9.17, 15) is 19.5 Å². The summed E-state index contributed by atoms with van der Waals surface area (Å²) in [5.74, 6) is -1.72. The highest BCUT2D eigenvalue weighted by Gasteiger charge is 2.44. The Morgan fingerprint density at radius 3 is 2.32 bits per heavy atom. The molecule has 0 bridgehead atoms. The predicted octanol–water partition coefficient (Wildman–Crippen LogP) is 4.25. The molecule has 1 aromatic rings. The highest BCUT2D eigenvalue weighted by molar-refractivity contribution is 5.85. The van der Waals surface area contributed by atoms with Gasteiger partial charge >= 0.3 is 18.2 Å². The first-order chi connectivity index (χ1) is 14.5. The second-order valence-corrected chi connectivity index (χ2v) is 8.37. The summed E-state index contributed by atoms with van der Waals surface area (Å²) < 4.78 is 10.4. The first kappa shape index (κ1) is 26.0. The molecule has 0 fully saturated rings. The summed E-state index contributed by atoms with van der Waals surface area (Å²) in [5, 5.41) is 15.1. The van der Waals surface area contributed by atoms with Gasteiger partial charge in [-0.15, -0.1) is 6.58 Å². The third-order valence-corrected chi connectivity index (χ3v) is 4.72. The summed E-state index contributed by atoms with van der Waals surface area (Å²) >= 11 is 0. The number of carboxylic acids is 1. The van der Waals surface area contributed by atoms with Crippen LogP contribution in [0.4, 0.5) is 9.59 Å². The zero-order valence-corrected chi connectivity index (χ0v) is 18.8. The Bertz CT molecular complexity index is 744. The summed E-state index contributed by atoms with van der Waals surface area (Å²) in [6, 6.07) is 9.11. The van der Waals surface area contributed by atoms with Gasteiger partial charge < -0.3 is 25.2 Å². The minimum atomic E-state index is -1.57. The van der Waals surface area contributed by atoms with Crippen molar-refractivity contribution in [3.63, 3.8) is 0 Å². The summed E-state index contributed by atoms with van der Waals surface area (Å²) in [6.07, 6.45) is 1.25. The van der Waals surface area contributed by atoms with Gasteiger partial charge in [0.15, 0.2) is 0 Å². The molecule has 0 saturated carbocycles. The maximum absolute atomic E-state index is 12.4. The van der Waals surface area contributed by atoms with Crippen molar-refractivity contribution >= 4 is 18.2 Å². The molecule has 0 saturated heterocycles. The van der Waals surface area contributed by atoms with Gasteiger partial charge in [-0.3, -0.25) is 0 Å². The topological polar surface area (TPSA) is 114 Å². The van der Waals surface area contributed by atoms with E-state index in [1.165, 1.54) is 6.08 Å². The summed E-state index contributed by atoms with van der Waals surface area (Å²) in [7, 11) is 0. The predicted molar refractivity (Wildman–Crippen MR) is 118 cm³/mol. The van der Waals surface area contributed by atoms with Crippen molar-refractivity contribution in [3.8, 4) is 0 Å². The molecule has 0 radical (unpaired) electrons. The molecule has 31 heavy (non-hydrogen) atoms. The van der Waals surface area contributed by atoms with Crippen molar-refractivity contribution in [2.24, 2.45) is 5.92 Å². The number of alkyl carbamates (subject to hydrolysis) is 2. The van der Waals surface area contributed by atoms with Crippen LogP contribution in [0.5, 0.6) is 0 Å². The number of benzene rings is 1. The third-order valence-electron chi connectivity index (χ3n) is 4.72. The van der Waals surface area contributed by atoms with Gasteiger partial charge in [-0.25, -0.2) is 14.4 Å². The van der Waals surface area contributed by atoms with E-state index in [0.29, 0.717) is 19.4 Å². The second kappa shape index (κ2) is 12.0. The monoisotopic (exact) mass is 434 g/mol. The van der Waals surface area contributed by atoms with Gasteiger partial charge in [0.1, 0.15) is 17.7 Å². The van der Waals surface area contributed by atoms with Crippen molar-refractivity contribution in [1.29, 1.82) is 0 Å². The van der Waals surface area contributed by atoms with Crippen molar-refractivity contribution < 1.29 is 29.0 Å². The van der Waals surface area contributed by atoms with Gasteiger partial charge in [0.25, 0.3) is 0 Å². The van der Waals surface area contributed by atoms with Crippen molar-refractivity contribution in [2.45, 2.75) is 64.7 Å². The molecular formula is C23H34N2O6. The van der Waals surface area contributed by atoms with Crippen molar-refractivity contribution in [3.05, 3.63) is 48.6 Å². The molecule has 0 aliphatic carbocycles. The lowest BCUT2D eigenvalue weighted by Crippen LogP contribution is -2.58. The molecule has 0 aliphatic heterocycles. The molecular weight excluding hydrogens is 400 g/mol. The zero-order chi connectivity index (χ0) is 23.5. The number of hydrogen-bond donors (Lipinski definition) is 3. The second-order valence-electron chi connectivity index (χ2n) is 8.37. The first-order valence-corrected chi connectivity index (χ1v) is 10.3.